The Kier molecular flexibility index (Phi) is 2.73. The SMILES string of the molecule is Fc1c(F)c(F)c(N2CCCC2)c(F)c1F. The molecule has 1 saturated heterocycles. The molecule has 0 aliphatic carbocycles. The lowest BCUT2D eigenvalue weighted by molar-refractivity contribution is 0.379. The van der Waals surface area contributed by atoms with Gasteiger partial charge < -0.3 is 4.90 Å². The van der Waals surface area contributed by atoms with Crippen molar-refractivity contribution in [3.63, 3.8) is 0 Å². The van der Waals surface area contributed by atoms with Crippen LogP contribution >= 0.6 is 0 Å². The average Bonchev–Trinajstić information content (AvgIpc) is 2.77. The van der Waals surface area contributed by atoms with Crippen molar-refractivity contribution in [2.45, 2.75) is 12.8 Å². The normalized spacial score (nSPS) is 15.9. The van der Waals surface area contributed by atoms with E-state index in [1.165, 1.54) is 4.90 Å². The number of nitrogens with zero attached hydrogens (tertiary/aromatic N) is 1. The van der Waals surface area contributed by atoms with Gasteiger partial charge in [-0.1, -0.05) is 0 Å². The van der Waals surface area contributed by atoms with Crippen LogP contribution in [0.5, 0.6) is 0 Å². The number of rotatable bonds is 1. The molecule has 2 rings (SSSR count). The molecule has 1 aliphatic heterocycles. The Hall–Kier alpha value is -1.33. The Morgan fingerprint density at radius 3 is 1.44 bits per heavy atom. The van der Waals surface area contributed by atoms with E-state index in [0.717, 1.165) is 0 Å². The average molecular weight is 237 g/mol. The highest BCUT2D eigenvalue weighted by molar-refractivity contribution is 5.51. The molecule has 0 N–H and O–H groups in total. The molecule has 1 heterocycles. The molecule has 0 spiro atoms. The molecule has 0 saturated carbocycles. The van der Waals surface area contributed by atoms with E-state index >= 15 is 0 Å². The first kappa shape index (κ1) is 11.2. The molecule has 0 bridgehead atoms. The Bertz CT molecular complexity index is 397. The lowest BCUT2D eigenvalue weighted by Crippen LogP contribution is -2.22. The van der Waals surface area contributed by atoms with E-state index in [1.807, 2.05) is 0 Å². The fourth-order valence-electron chi connectivity index (χ4n) is 1.81. The number of halogens is 5. The van der Waals surface area contributed by atoms with Crippen molar-refractivity contribution in [3.8, 4) is 0 Å². The van der Waals surface area contributed by atoms with Crippen molar-refractivity contribution in [2.75, 3.05) is 18.0 Å². The molecule has 0 amide bonds. The maximum Gasteiger partial charge on any atom is 0.200 e. The first-order valence-electron chi connectivity index (χ1n) is 4.80. The Morgan fingerprint density at radius 2 is 1.00 bits per heavy atom. The maximum atomic E-state index is 13.3. The third kappa shape index (κ3) is 1.52. The molecule has 88 valence electrons. The minimum absolute atomic E-state index is 0.304. The van der Waals surface area contributed by atoms with E-state index in [-0.39, 0.29) is 0 Å². The van der Waals surface area contributed by atoms with E-state index in [4.69, 9.17) is 0 Å². The van der Waals surface area contributed by atoms with Crippen LogP contribution in [0.15, 0.2) is 0 Å². The third-order valence-corrected chi connectivity index (χ3v) is 2.61. The van der Waals surface area contributed by atoms with Crippen molar-refractivity contribution in [3.05, 3.63) is 29.1 Å². The molecule has 0 aromatic heterocycles. The highest BCUT2D eigenvalue weighted by atomic mass is 19.2. The van der Waals surface area contributed by atoms with Crippen LogP contribution in [-0.4, -0.2) is 13.1 Å². The molecule has 1 fully saturated rings. The standard InChI is InChI=1S/C10H8F5N/c11-5-6(12)8(14)10(9(15)7(5)13)16-3-1-2-4-16/h1-4H2. The summed E-state index contributed by atoms with van der Waals surface area (Å²) in [5.74, 6) is -9.39. The van der Waals surface area contributed by atoms with Crippen LogP contribution in [0.3, 0.4) is 0 Å². The van der Waals surface area contributed by atoms with Crippen molar-refractivity contribution in [1.82, 2.24) is 0 Å². The highest BCUT2D eigenvalue weighted by Crippen LogP contribution is 2.31. The highest BCUT2D eigenvalue weighted by Gasteiger charge is 2.29. The van der Waals surface area contributed by atoms with Crippen molar-refractivity contribution >= 4 is 5.69 Å². The molecule has 16 heavy (non-hydrogen) atoms. The monoisotopic (exact) mass is 237 g/mol. The lowest BCUT2D eigenvalue weighted by atomic mass is 10.2. The van der Waals surface area contributed by atoms with Gasteiger partial charge in [-0.05, 0) is 12.8 Å². The number of anilines is 1. The Balaban J connectivity index is 2.59. The predicted molar refractivity (Wildman–Crippen MR) is 47.7 cm³/mol. The zero-order valence-electron chi connectivity index (χ0n) is 8.17. The third-order valence-electron chi connectivity index (χ3n) is 2.61. The fourth-order valence-corrected chi connectivity index (χ4v) is 1.81. The van der Waals surface area contributed by atoms with Crippen LogP contribution in [0.1, 0.15) is 12.8 Å². The molecule has 0 atom stereocenters. The van der Waals surface area contributed by atoms with E-state index in [0.29, 0.717) is 25.9 Å². The summed E-state index contributed by atoms with van der Waals surface area (Å²) in [5, 5.41) is 0. The van der Waals surface area contributed by atoms with Gasteiger partial charge in [0.2, 0.25) is 5.82 Å². The number of benzene rings is 1. The molecule has 6 heteroatoms. The van der Waals surface area contributed by atoms with Crippen LogP contribution in [-0.2, 0) is 0 Å². The molecular weight excluding hydrogens is 229 g/mol. The predicted octanol–water partition coefficient (Wildman–Crippen LogP) is 2.98. The van der Waals surface area contributed by atoms with Gasteiger partial charge in [-0.3, -0.25) is 0 Å². The summed E-state index contributed by atoms with van der Waals surface area (Å²) >= 11 is 0. The number of hydrogen-bond acceptors (Lipinski definition) is 1. The largest absolute Gasteiger partial charge is 0.367 e. The molecule has 0 unspecified atom stereocenters. The summed E-state index contributed by atoms with van der Waals surface area (Å²) in [6, 6.07) is 0. The second-order valence-electron chi connectivity index (χ2n) is 3.61. The van der Waals surface area contributed by atoms with Crippen molar-refractivity contribution < 1.29 is 22.0 Å². The van der Waals surface area contributed by atoms with Crippen LogP contribution in [0, 0.1) is 29.1 Å². The molecule has 1 aromatic carbocycles. The van der Waals surface area contributed by atoms with Gasteiger partial charge in [0.05, 0.1) is 0 Å². The Morgan fingerprint density at radius 1 is 0.625 bits per heavy atom. The molecule has 0 radical (unpaired) electrons. The van der Waals surface area contributed by atoms with E-state index < -0.39 is 34.8 Å². The quantitative estimate of drug-likeness (QED) is 0.412. The van der Waals surface area contributed by atoms with E-state index in [9.17, 15) is 22.0 Å². The van der Waals surface area contributed by atoms with Crippen LogP contribution in [0.2, 0.25) is 0 Å². The van der Waals surface area contributed by atoms with Crippen LogP contribution in [0.25, 0.3) is 0 Å². The minimum atomic E-state index is -2.11. The van der Waals surface area contributed by atoms with E-state index in [2.05, 4.69) is 0 Å². The van der Waals surface area contributed by atoms with Crippen LogP contribution in [0.4, 0.5) is 27.6 Å². The summed E-state index contributed by atoms with van der Waals surface area (Å²) in [5.41, 5.74) is -0.811. The summed E-state index contributed by atoms with van der Waals surface area (Å²) in [7, 11) is 0. The summed E-state index contributed by atoms with van der Waals surface area (Å²) in [4.78, 5) is 1.18. The second-order valence-corrected chi connectivity index (χ2v) is 3.61. The summed E-state index contributed by atoms with van der Waals surface area (Å²) < 4.78 is 65.1. The van der Waals surface area contributed by atoms with Gasteiger partial charge in [0, 0.05) is 13.1 Å². The molecular formula is C10H8F5N. The summed E-state index contributed by atoms with van der Waals surface area (Å²) in [6.07, 6.45) is 1.36. The van der Waals surface area contributed by atoms with Gasteiger partial charge in [-0.2, -0.15) is 0 Å². The minimum Gasteiger partial charge on any atom is -0.367 e. The second kappa shape index (κ2) is 3.92. The number of hydrogen-bond donors (Lipinski definition) is 0. The molecule has 1 aromatic rings. The summed E-state index contributed by atoms with van der Waals surface area (Å²) in [6.45, 7) is 0.608. The fraction of sp³-hybridized carbons (Fsp3) is 0.400. The van der Waals surface area contributed by atoms with Gasteiger partial charge in [0.25, 0.3) is 0 Å². The van der Waals surface area contributed by atoms with Crippen molar-refractivity contribution in [2.24, 2.45) is 0 Å². The van der Waals surface area contributed by atoms with Gasteiger partial charge >= 0.3 is 0 Å². The first-order chi connectivity index (χ1) is 7.54. The van der Waals surface area contributed by atoms with Gasteiger partial charge in [0.1, 0.15) is 5.69 Å². The van der Waals surface area contributed by atoms with Crippen molar-refractivity contribution in [1.29, 1.82) is 0 Å². The lowest BCUT2D eigenvalue weighted by Gasteiger charge is -2.19. The van der Waals surface area contributed by atoms with Crippen LogP contribution < -0.4 is 4.90 Å². The smallest absolute Gasteiger partial charge is 0.200 e. The van der Waals surface area contributed by atoms with Gasteiger partial charge in [0.15, 0.2) is 23.3 Å². The van der Waals surface area contributed by atoms with Gasteiger partial charge in [-0.25, -0.2) is 22.0 Å². The van der Waals surface area contributed by atoms with Gasteiger partial charge in [-0.15, -0.1) is 0 Å². The zero-order valence-corrected chi connectivity index (χ0v) is 8.17. The maximum absolute atomic E-state index is 13.3. The molecule has 1 nitrogen and oxygen atoms in total. The molecule has 1 aliphatic rings. The first-order valence-corrected chi connectivity index (χ1v) is 4.80. The Labute approximate surface area is 88.5 Å². The zero-order chi connectivity index (χ0) is 11.9. The van der Waals surface area contributed by atoms with E-state index in [1.54, 1.807) is 0 Å². The topological polar surface area (TPSA) is 3.24 Å².